The van der Waals surface area contributed by atoms with Gasteiger partial charge in [-0.3, -0.25) is 5.32 Å². The zero-order valence-corrected chi connectivity index (χ0v) is 13.5. The zero-order chi connectivity index (χ0) is 18.0. The van der Waals surface area contributed by atoms with Crippen LogP contribution in [0.25, 0.3) is 0 Å². The summed E-state index contributed by atoms with van der Waals surface area (Å²) in [5, 5.41) is 8.04. The summed E-state index contributed by atoms with van der Waals surface area (Å²) in [6.07, 6.45) is -5.69. The molecule has 0 fully saturated rings. The van der Waals surface area contributed by atoms with Gasteiger partial charge >= 0.3 is 12.3 Å². The number of benzene rings is 1. The van der Waals surface area contributed by atoms with Crippen LogP contribution in [0.5, 0.6) is 0 Å². The van der Waals surface area contributed by atoms with Gasteiger partial charge in [0.1, 0.15) is 0 Å². The molecule has 0 aliphatic carbocycles. The van der Waals surface area contributed by atoms with Gasteiger partial charge < -0.3 is 15.4 Å². The Balaban J connectivity index is 2.57. The molecule has 1 amide bonds. The number of nitrogens with zero attached hydrogens (tertiary/aromatic N) is 1. The van der Waals surface area contributed by atoms with Crippen LogP contribution >= 0.6 is 0 Å². The number of amides is 1. The Morgan fingerprint density at radius 1 is 1.21 bits per heavy atom. The topological polar surface area (TPSA) is 74.8 Å². The van der Waals surface area contributed by atoms with Crippen molar-refractivity contribution >= 4 is 17.7 Å². The van der Waals surface area contributed by atoms with E-state index in [-0.39, 0.29) is 6.54 Å². The highest BCUT2D eigenvalue weighted by Crippen LogP contribution is 2.18. The number of halogens is 3. The highest BCUT2D eigenvalue weighted by atomic mass is 19.4. The molecule has 0 unspecified atom stereocenters. The summed E-state index contributed by atoms with van der Waals surface area (Å²) in [7, 11) is 1.27. The van der Waals surface area contributed by atoms with Gasteiger partial charge in [-0.1, -0.05) is 12.1 Å². The van der Waals surface area contributed by atoms with Crippen molar-refractivity contribution < 1.29 is 22.7 Å². The molecule has 24 heavy (non-hydrogen) atoms. The molecule has 0 radical (unpaired) electrons. The third-order valence-corrected chi connectivity index (χ3v) is 2.85. The number of rotatable bonds is 6. The molecule has 0 aliphatic heterocycles. The quantitative estimate of drug-likeness (QED) is 0.547. The molecule has 6 nitrogen and oxygen atoms in total. The van der Waals surface area contributed by atoms with Crippen LogP contribution < -0.4 is 16.0 Å². The average molecular weight is 346 g/mol. The summed E-state index contributed by atoms with van der Waals surface area (Å²) in [4.78, 5) is 15.3. The lowest BCUT2D eigenvalue weighted by Gasteiger charge is -2.12. The van der Waals surface area contributed by atoms with Crippen molar-refractivity contribution in [3.05, 3.63) is 29.8 Å². The Kier molecular flexibility index (Phi) is 7.87. The van der Waals surface area contributed by atoms with Gasteiger partial charge in [0.2, 0.25) is 0 Å². The maximum Gasteiger partial charge on any atom is 0.411 e. The third kappa shape index (κ3) is 8.25. The lowest BCUT2D eigenvalue weighted by atomic mass is 10.2. The van der Waals surface area contributed by atoms with E-state index in [0.717, 1.165) is 5.56 Å². The number of hydrogen-bond donors (Lipinski definition) is 3. The molecule has 9 heteroatoms. The van der Waals surface area contributed by atoms with Crippen LogP contribution in [-0.2, 0) is 11.3 Å². The maximum absolute atomic E-state index is 12.2. The summed E-state index contributed by atoms with van der Waals surface area (Å²) in [6, 6.07) is 6.89. The first-order valence-corrected chi connectivity index (χ1v) is 7.37. The number of anilines is 1. The van der Waals surface area contributed by atoms with Gasteiger partial charge in [0.15, 0.2) is 5.96 Å². The molecule has 0 saturated heterocycles. The van der Waals surface area contributed by atoms with Crippen LogP contribution in [0.3, 0.4) is 0 Å². The molecule has 134 valence electrons. The summed E-state index contributed by atoms with van der Waals surface area (Å²) in [5.41, 5.74) is 1.42. The van der Waals surface area contributed by atoms with E-state index in [1.54, 1.807) is 24.3 Å². The number of carbonyl (C=O) groups is 1. The molecular formula is C15H21F3N4O2. The lowest BCUT2D eigenvalue weighted by Crippen LogP contribution is -2.38. The maximum atomic E-state index is 12.2. The molecule has 0 atom stereocenters. The number of aliphatic imine (C=N–C) groups is 1. The van der Waals surface area contributed by atoms with E-state index < -0.39 is 18.7 Å². The minimum absolute atomic E-state index is 0.239. The van der Waals surface area contributed by atoms with Crippen molar-refractivity contribution in [3.63, 3.8) is 0 Å². The predicted molar refractivity (Wildman–Crippen MR) is 86.0 cm³/mol. The molecule has 0 spiro atoms. The fraction of sp³-hybridized carbons (Fsp3) is 0.467. The number of methoxy groups -OCH3 is 1. The second kappa shape index (κ2) is 9.64. The smallest absolute Gasteiger partial charge is 0.411 e. The molecule has 1 aromatic carbocycles. The summed E-state index contributed by atoms with van der Waals surface area (Å²) >= 11 is 0. The van der Waals surface area contributed by atoms with Gasteiger partial charge in [0.25, 0.3) is 0 Å². The first-order chi connectivity index (χ1) is 11.3. The molecule has 0 heterocycles. The molecule has 0 saturated carbocycles. The normalized spacial score (nSPS) is 11.8. The van der Waals surface area contributed by atoms with Crippen LogP contribution in [0.1, 0.15) is 18.9 Å². The van der Waals surface area contributed by atoms with Crippen LogP contribution in [0.2, 0.25) is 0 Å². The molecule has 3 N–H and O–H groups in total. The first kappa shape index (κ1) is 19.6. The van der Waals surface area contributed by atoms with Crippen LogP contribution in [-0.4, -0.2) is 38.4 Å². The van der Waals surface area contributed by atoms with Gasteiger partial charge in [-0.2, -0.15) is 13.2 Å². The Labute approximate surface area is 138 Å². The highest BCUT2D eigenvalue weighted by Gasteiger charge is 2.26. The average Bonchev–Trinajstić information content (AvgIpc) is 2.52. The van der Waals surface area contributed by atoms with Crippen molar-refractivity contribution in [2.75, 3.05) is 25.5 Å². The molecule has 0 bridgehead atoms. The van der Waals surface area contributed by atoms with Crippen molar-refractivity contribution in [2.24, 2.45) is 4.99 Å². The van der Waals surface area contributed by atoms with Crippen molar-refractivity contribution in [2.45, 2.75) is 26.1 Å². The summed E-state index contributed by atoms with van der Waals surface area (Å²) in [5.74, 6) is 0.318. The lowest BCUT2D eigenvalue weighted by molar-refractivity contribution is -0.132. The van der Waals surface area contributed by atoms with E-state index in [1.807, 2.05) is 6.92 Å². The number of guanidine groups is 1. The van der Waals surface area contributed by atoms with Gasteiger partial charge in [-0.05, 0) is 24.6 Å². The summed E-state index contributed by atoms with van der Waals surface area (Å²) < 4.78 is 41.0. The van der Waals surface area contributed by atoms with Gasteiger partial charge in [-0.25, -0.2) is 9.79 Å². The Morgan fingerprint density at radius 2 is 1.88 bits per heavy atom. The van der Waals surface area contributed by atoms with Gasteiger partial charge in [0.05, 0.1) is 20.1 Å². The number of carbonyl (C=O) groups excluding carboxylic acids is 1. The van der Waals surface area contributed by atoms with Crippen LogP contribution in [0, 0.1) is 0 Å². The number of hydrogen-bond acceptors (Lipinski definition) is 3. The standard InChI is InChI=1S/C15H21F3N4O2/c1-3-19-13(20-9-8-15(16,17)18)21-10-11-4-6-12(7-5-11)22-14(23)24-2/h4-7H,3,8-10H2,1-2H3,(H,22,23)(H2,19,20,21). The van der Waals surface area contributed by atoms with E-state index in [0.29, 0.717) is 24.7 Å². The number of nitrogens with one attached hydrogen (secondary N) is 3. The molecule has 1 rings (SSSR count). The SMILES string of the molecule is CCNC(=NCc1ccc(NC(=O)OC)cc1)NCCC(F)(F)F. The first-order valence-electron chi connectivity index (χ1n) is 7.37. The predicted octanol–water partition coefficient (Wildman–Crippen LogP) is 2.87. The van der Waals surface area contributed by atoms with Gasteiger partial charge in [0, 0.05) is 18.8 Å². The second-order valence-electron chi connectivity index (χ2n) is 4.80. The van der Waals surface area contributed by atoms with Crippen molar-refractivity contribution in [1.29, 1.82) is 0 Å². The molecular weight excluding hydrogens is 325 g/mol. The van der Waals surface area contributed by atoms with E-state index in [2.05, 4.69) is 25.7 Å². The van der Waals surface area contributed by atoms with Crippen molar-refractivity contribution in [1.82, 2.24) is 10.6 Å². The Hall–Kier alpha value is -2.45. The van der Waals surface area contributed by atoms with Crippen molar-refractivity contribution in [3.8, 4) is 0 Å². The van der Waals surface area contributed by atoms with Gasteiger partial charge in [-0.15, -0.1) is 0 Å². The fourth-order valence-electron chi connectivity index (χ4n) is 1.70. The molecule has 1 aromatic rings. The highest BCUT2D eigenvalue weighted by molar-refractivity contribution is 5.84. The largest absolute Gasteiger partial charge is 0.453 e. The Morgan fingerprint density at radius 3 is 2.42 bits per heavy atom. The zero-order valence-electron chi connectivity index (χ0n) is 13.5. The van der Waals surface area contributed by atoms with E-state index in [9.17, 15) is 18.0 Å². The number of ether oxygens (including phenoxy) is 1. The number of alkyl halides is 3. The second-order valence-corrected chi connectivity index (χ2v) is 4.80. The minimum Gasteiger partial charge on any atom is -0.453 e. The molecule has 0 aliphatic rings. The monoisotopic (exact) mass is 346 g/mol. The van der Waals surface area contributed by atoms with Crippen LogP contribution in [0.4, 0.5) is 23.7 Å². The van der Waals surface area contributed by atoms with E-state index >= 15 is 0 Å². The van der Waals surface area contributed by atoms with Crippen LogP contribution in [0.15, 0.2) is 29.3 Å². The third-order valence-electron chi connectivity index (χ3n) is 2.85. The van der Waals surface area contributed by atoms with E-state index in [1.165, 1.54) is 7.11 Å². The molecule has 0 aromatic heterocycles. The summed E-state index contributed by atoms with van der Waals surface area (Å²) in [6.45, 7) is 2.42. The van der Waals surface area contributed by atoms with E-state index in [4.69, 9.17) is 0 Å². The Bertz CT molecular complexity index is 545. The fourth-order valence-corrected chi connectivity index (χ4v) is 1.70. The minimum atomic E-state index is -4.20.